The third kappa shape index (κ3) is 4.08. The Balaban J connectivity index is 1.39. The Bertz CT molecular complexity index is 1080. The topological polar surface area (TPSA) is 77.6 Å². The number of aromatic nitrogens is 5. The van der Waals surface area contributed by atoms with Crippen molar-refractivity contribution in [2.45, 2.75) is 19.8 Å². The van der Waals surface area contributed by atoms with Gasteiger partial charge in [-0.3, -0.25) is 4.79 Å². The number of carbonyl (C=O) groups is 1. The molecule has 4 rings (SSSR count). The zero-order valence-electron chi connectivity index (χ0n) is 16.2. The average Bonchev–Trinajstić information content (AvgIpc) is 3.42. The molecule has 1 amide bonds. The number of amides is 1. The molecular formula is C22H22N6O. The molecule has 3 aromatic heterocycles. The highest BCUT2D eigenvalue weighted by Crippen LogP contribution is 2.14. The molecule has 0 fully saturated rings. The van der Waals surface area contributed by atoms with Crippen molar-refractivity contribution in [2.75, 3.05) is 6.54 Å². The highest BCUT2D eigenvalue weighted by atomic mass is 16.1. The lowest BCUT2D eigenvalue weighted by molar-refractivity contribution is 0.0953. The second kappa shape index (κ2) is 8.52. The molecule has 0 aliphatic carbocycles. The van der Waals surface area contributed by atoms with Gasteiger partial charge in [-0.2, -0.15) is 10.2 Å². The van der Waals surface area contributed by atoms with Gasteiger partial charge in [0.15, 0.2) is 5.82 Å². The van der Waals surface area contributed by atoms with E-state index < -0.39 is 0 Å². The number of nitrogens with zero attached hydrogens (tertiary/aromatic N) is 5. The van der Waals surface area contributed by atoms with Crippen LogP contribution in [0.1, 0.15) is 28.7 Å². The first-order valence-electron chi connectivity index (χ1n) is 9.62. The Kier molecular flexibility index (Phi) is 5.47. The van der Waals surface area contributed by atoms with Crippen LogP contribution in [0.2, 0.25) is 0 Å². The van der Waals surface area contributed by atoms with Crippen molar-refractivity contribution in [2.24, 2.45) is 0 Å². The number of hydrogen-bond donors (Lipinski definition) is 1. The molecule has 0 saturated carbocycles. The van der Waals surface area contributed by atoms with E-state index in [-0.39, 0.29) is 5.91 Å². The van der Waals surface area contributed by atoms with Crippen LogP contribution < -0.4 is 5.32 Å². The molecule has 1 aromatic carbocycles. The summed E-state index contributed by atoms with van der Waals surface area (Å²) in [6.07, 6.45) is 6.58. The molecule has 7 nitrogen and oxygen atoms in total. The minimum Gasteiger partial charge on any atom is -0.352 e. The molecule has 7 heteroatoms. The quantitative estimate of drug-likeness (QED) is 0.530. The van der Waals surface area contributed by atoms with Crippen molar-refractivity contribution >= 4 is 5.91 Å². The minimum atomic E-state index is -0.133. The summed E-state index contributed by atoms with van der Waals surface area (Å²) in [5, 5.41) is 11.9. The van der Waals surface area contributed by atoms with Crippen molar-refractivity contribution < 1.29 is 4.79 Å². The fourth-order valence-corrected chi connectivity index (χ4v) is 3.20. The summed E-state index contributed by atoms with van der Waals surface area (Å²) >= 11 is 0. The van der Waals surface area contributed by atoms with Crippen molar-refractivity contribution in [1.82, 2.24) is 29.9 Å². The third-order valence-electron chi connectivity index (χ3n) is 4.65. The van der Waals surface area contributed by atoms with Crippen LogP contribution in [0.25, 0.3) is 11.5 Å². The summed E-state index contributed by atoms with van der Waals surface area (Å²) in [6.45, 7) is 2.51. The van der Waals surface area contributed by atoms with Crippen molar-refractivity contribution in [3.63, 3.8) is 0 Å². The lowest BCUT2D eigenvalue weighted by Gasteiger charge is -2.07. The Morgan fingerprint density at radius 3 is 2.66 bits per heavy atom. The Morgan fingerprint density at radius 1 is 1.07 bits per heavy atom. The zero-order chi connectivity index (χ0) is 20.1. The Hall–Kier alpha value is -3.74. The van der Waals surface area contributed by atoms with E-state index in [1.165, 1.54) is 0 Å². The summed E-state index contributed by atoms with van der Waals surface area (Å²) in [6, 6.07) is 17.5. The number of nitrogens with one attached hydrogen (secondary N) is 1. The van der Waals surface area contributed by atoms with Crippen LogP contribution in [-0.2, 0) is 12.8 Å². The highest BCUT2D eigenvalue weighted by molar-refractivity contribution is 5.95. The van der Waals surface area contributed by atoms with Gasteiger partial charge in [0, 0.05) is 25.4 Å². The molecule has 1 N–H and O–H groups in total. The van der Waals surface area contributed by atoms with Gasteiger partial charge in [-0.15, -0.1) is 0 Å². The summed E-state index contributed by atoms with van der Waals surface area (Å²) in [4.78, 5) is 17.0. The molecule has 0 aliphatic rings. The lowest BCUT2D eigenvalue weighted by atomic mass is 10.2. The van der Waals surface area contributed by atoms with E-state index in [1.807, 2.05) is 72.4 Å². The SMILES string of the molecule is CCc1c(C(=O)NCCc2ccn(-c3ccccc3)n2)cnn1-c1ccccn1. The predicted molar refractivity (Wildman–Crippen MR) is 110 cm³/mol. The van der Waals surface area contributed by atoms with Crippen LogP contribution in [0.3, 0.4) is 0 Å². The van der Waals surface area contributed by atoms with Crippen LogP contribution in [-0.4, -0.2) is 37.0 Å². The summed E-state index contributed by atoms with van der Waals surface area (Å²) in [5.41, 5.74) is 3.36. The van der Waals surface area contributed by atoms with Gasteiger partial charge in [-0.1, -0.05) is 31.2 Å². The molecule has 4 aromatic rings. The van der Waals surface area contributed by atoms with E-state index in [9.17, 15) is 4.79 Å². The molecular weight excluding hydrogens is 364 g/mol. The number of pyridine rings is 1. The van der Waals surface area contributed by atoms with Crippen molar-refractivity contribution in [1.29, 1.82) is 0 Å². The standard InChI is InChI=1S/C22H22N6O/c1-2-20-19(16-25-28(20)21-10-6-7-13-23-21)22(29)24-14-11-17-12-15-27(26-17)18-8-4-3-5-9-18/h3-10,12-13,15-16H,2,11,14H2,1H3,(H,24,29). The highest BCUT2D eigenvalue weighted by Gasteiger charge is 2.17. The molecule has 0 unspecified atom stereocenters. The van der Waals surface area contributed by atoms with Gasteiger partial charge >= 0.3 is 0 Å². The molecule has 0 spiro atoms. The predicted octanol–water partition coefficient (Wildman–Crippen LogP) is 2.99. The molecule has 0 saturated heterocycles. The van der Waals surface area contributed by atoms with Crippen molar-refractivity contribution in [3.05, 3.63) is 90.1 Å². The molecule has 29 heavy (non-hydrogen) atoms. The Labute approximate surface area is 169 Å². The second-order valence-corrected chi connectivity index (χ2v) is 6.55. The smallest absolute Gasteiger partial charge is 0.254 e. The zero-order valence-corrected chi connectivity index (χ0v) is 16.2. The maximum atomic E-state index is 12.7. The summed E-state index contributed by atoms with van der Waals surface area (Å²) in [7, 11) is 0. The summed E-state index contributed by atoms with van der Waals surface area (Å²) < 4.78 is 3.56. The van der Waals surface area contributed by atoms with Gasteiger partial charge in [0.1, 0.15) is 0 Å². The van der Waals surface area contributed by atoms with Gasteiger partial charge in [0.25, 0.3) is 5.91 Å². The van der Waals surface area contributed by atoms with E-state index in [1.54, 1.807) is 17.1 Å². The van der Waals surface area contributed by atoms with Gasteiger partial charge in [0.05, 0.1) is 28.8 Å². The summed E-state index contributed by atoms with van der Waals surface area (Å²) in [5.74, 6) is 0.571. The third-order valence-corrected chi connectivity index (χ3v) is 4.65. The van der Waals surface area contributed by atoms with Crippen LogP contribution in [0.15, 0.2) is 73.2 Å². The molecule has 3 heterocycles. The van der Waals surface area contributed by atoms with Crippen LogP contribution in [0.4, 0.5) is 0 Å². The van der Waals surface area contributed by atoms with Gasteiger partial charge in [-0.05, 0) is 36.8 Å². The number of benzene rings is 1. The molecule has 0 atom stereocenters. The van der Waals surface area contributed by atoms with Crippen molar-refractivity contribution in [3.8, 4) is 11.5 Å². The normalized spacial score (nSPS) is 10.8. The Morgan fingerprint density at radius 2 is 1.90 bits per heavy atom. The molecule has 0 aliphatic heterocycles. The molecule has 146 valence electrons. The van der Waals surface area contributed by atoms with E-state index in [0.29, 0.717) is 30.8 Å². The average molecular weight is 386 g/mol. The van der Waals surface area contributed by atoms with Crippen LogP contribution in [0.5, 0.6) is 0 Å². The first-order valence-corrected chi connectivity index (χ1v) is 9.62. The second-order valence-electron chi connectivity index (χ2n) is 6.55. The maximum Gasteiger partial charge on any atom is 0.254 e. The number of para-hydroxylation sites is 1. The largest absolute Gasteiger partial charge is 0.352 e. The maximum absolute atomic E-state index is 12.7. The van der Waals surface area contributed by atoms with Crippen LogP contribution >= 0.6 is 0 Å². The molecule has 0 bridgehead atoms. The fourth-order valence-electron chi connectivity index (χ4n) is 3.20. The first-order chi connectivity index (χ1) is 14.3. The van der Waals surface area contributed by atoms with Gasteiger partial charge in [0.2, 0.25) is 0 Å². The number of hydrogen-bond acceptors (Lipinski definition) is 4. The van der Waals surface area contributed by atoms with Gasteiger partial charge in [-0.25, -0.2) is 14.3 Å². The van der Waals surface area contributed by atoms with E-state index in [0.717, 1.165) is 17.1 Å². The lowest BCUT2D eigenvalue weighted by Crippen LogP contribution is -2.26. The van der Waals surface area contributed by atoms with Gasteiger partial charge < -0.3 is 5.32 Å². The first kappa shape index (κ1) is 18.6. The molecule has 0 radical (unpaired) electrons. The number of carbonyl (C=O) groups excluding carboxylic acids is 1. The van der Waals surface area contributed by atoms with E-state index in [2.05, 4.69) is 20.5 Å². The minimum absolute atomic E-state index is 0.133. The number of rotatable bonds is 7. The van der Waals surface area contributed by atoms with E-state index >= 15 is 0 Å². The monoisotopic (exact) mass is 386 g/mol. The van der Waals surface area contributed by atoms with Crippen LogP contribution in [0, 0.1) is 0 Å². The fraction of sp³-hybridized carbons (Fsp3) is 0.182. The van der Waals surface area contributed by atoms with E-state index in [4.69, 9.17) is 0 Å².